The first kappa shape index (κ1) is 30.6. The molecule has 234 valence electrons. The molecule has 6 rings (SSSR count). The molecule has 2 fully saturated rings. The minimum absolute atomic E-state index is 0.00641. The minimum Gasteiger partial charge on any atom is -0.475 e. The highest BCUT2D eigenvalue weighted by molar-refractivity contribution is 7.92. The number of rotatable bonds is 3. The van der Waals surface area contributed by atoms with Gasteiger partial charge in [0.25, 0.3) is 15.9 Å². The van der Waals surface area contributed by atoms with Crippen LogP contribution in [0.3, 0.4) is 0 Å². The van der Waals surface area contributed by atoms with Crippen molar-refractivity contribution in [3.8, 4) is 17.1 Å². The Morgan fingerprint density at radius 3 is 2.30 bits per heavy atom. The average Bonchev–Trinajstić information content (AvgIpc) is 2.90. The molecule has 2 aliphatic carbocycles. The van der Waals surface area contributed by atoms with Crippen LogP contribution in [0.15, 0.2) is 47.4 Å². The number of hydrogen-bond donors (Lipinski definition) is 1. The average molecular weight is 617 g/mol. The predicted molar refractivity (Wildman–Crippen MR) is 172 cm³/mol. The number of anilines is 1. The summed E-state index contributed by atoms with van der Waals surface area (Å²) < 4.78 is 36.5. The van der Waals surface area contributed by atoms with E-state index >= 15 is 0 Å². The number of carbonyl (C=O) groups is 1. The van der Waals surface area contributed by atoms with E-state index in [2.05, 4.69) is 37.4 Å². The monoisotopic (exact) mass is 616 g/mol. The molecular weight excluding hydrogens is 572 g/mol. The van der Waals surface area contributed by atoms with Crippen LogP contribution in [0.25, 0.3) is 11.3 Å². The van der Waals surface area contributed by atoms with Crippen molar-refractivity contribution in [3.63, 3.8) is 0 Å². The molecule has 0 unspecified atom stereocenters. The number of fused-ring (bicyclic) bond motifs is 4. The van der Waals surface area contributed by atoms with Gasteiger partial charge in [0.1, 0.15) is 6.61 Å². The highest BCUT2D eigenvalue weighted by atomic mass is 32.2. The summed E-state index contributed by atoms with van der Waals surface area (Å²) in [6.07, 6.45) is 5.06. The smallest absolute Gasteiger partial charge is 0.264 e. The molecule has 2 heterocycles. The number of amides is 1. The van der Waals surface area contributed by atoms with Crippen LogP contribution in [0, 0.1) is 37.5 Å². The summed E-state index contributed by atoms with van der Waals surface area (Å²) in [5, 5.41) is 0. The highest BCUT2D eigenvalue weighted by Crippen LogP contribution is 2.60. The molecule has 2 aromatic carbocycles. The molecular formula is C35H44N4O4S. The number of sulfonamides is 1. The van der Waals surface area contributed by atoms with E-state index in [9.17, 15) is 13.2 Å². The van der Waals surface area contributed by atoms with Crippen molar-refractivity contribution in [3.05, 3.63) is 64.7 Å². The van der Waals surface area contributed by atoms with E-state index in [1.807, 2.05) is 43.9 Å². The van der Waals surface area contributed by atoms with Crippen molar-refractivity contribution in [2.45, 2.75) is 97.5 Å². The first-order chi connectivity index (χ1) is 20.6. The Balaban J connectivity index is 1.50. The molecule has 1 aromatic heterocycles. The van der Waals surface area contributed by atoms with Gasteiger partial charge in [-0.25, -0.2) is 18.1 Å². The lowest BCUT2D eigenvalue weighted by Gasteiger charge is -2.60. The van der Waals surface area contributed by atoms with Gasteiger partial charge in [-0.1, -0.05) is 52.0 Å². The van der Waals surface area contributed by atoms with Gasteiger partial charge in [-0.3, -0.25) is 4.79 Å². The Morgan fingerprint density at radius 1 is 1.00 bits per heavy atom. The van der Waals surface area contributed by atoms with Gasteiger partial charge in [0.15, 0.2) is 0 Å². The van der Waals surface area contributed by atoms with Crippen LogP contribution in [0.2, 0.25) is 0 Å². The van der Waals surface area contributed by atoms with Crippen LogP contribution in [0.1, 0.15) is 86.8 Å². The van der Waals surface area contributed by atoms with E-state index in [0.717, 1.165) is 47.4 Å². The second-order valence-corrected chi connectivity index (χ2v) is 16.4. The molecule has 1 aliphatic heterocycles. The molecule has 1 atom stereocenters. The summed E-state index contributed by atoms with van der Waals surface area (Å²) in [4.78, 5) is 25.8. The van der Waals surface area contributed by atoms with Crippen molar-refractivity contribution in [1.82, 2.24) is 14.9 Å². The summed E-state index contributed by atoms with van der Waals surface area (Å²) in [6, 6.07) is 12.2. The SMILES string of the molecule is Cc1cccc(C)c1-c1nc2nc(c1C)OC[C@@H](CC(C)(C)C)N(C1CC3(CC(C)C3)C1)C(=O)c1cccc(c1)S(=O)(=O)N2. The third kappa shape index (κ3) is 5.71. The number of carbonyl (C=O) groups excluding carboxylic acids is 1. The van der Waals surface area contributed by atoms with E-state index in [0.29, 0.717) is 22.6 Å². The summed E-state index contributed by atoms with van der Waals surface area (Å²) in [7, 11) is -4.11. The molecule has 1 amide bonds. The van der Waals surface area contributed by atoms with Crippen molar-refractivity contribution in [2.24, 2.45) is 16.7 Å². The number of benzene rings is 2. The fraction of sp³-hybridized carbons (Fsp3) is 0.514. The maximum atomic E-state index is 14.4. The second kappa shape index (κ2) is 10.9. The number of ether oxygens (including phenoxy) is 1. The van der Waals surface area contributed by atoms with Crippen LogP contribution in [-0.4, -0.2) is 47.9 Å². The van der Waals surface area contributed by atoms with Gasteiger partial charge in [-0.2, -0.15) is 4.98 Å². The number of hydrogen-bond acceptors (Lipinski definition) is 6. The van der Waals surface area contributed by atoms with Crippen LogP contribution in [0.4, 0.5) is 5.95 Å². The lowest BCUT2D eigenvalue weighted by atomic mass is 9.50. The Morgan fingerprint density at radius 2 is 1.66 bits per heavy atom. The zero-order valence-electron chi connectivity index (χ0n) is 26.9. The second-order valence-electron chi connectivity index (χ2n) is 14.7. The molecule has 44 heavy (non-hydrogen) atoms. The molecule has 1 spiro atoms. The van der Waals surface area contributed by atoms with E-state index in [1.165, 1.54) is 25.0 Å². The van der Waals surface area contributed by atoms with Gasteiger partial charge in [-0.15, -0.1) is 0 Å². The first-order valence-corrected chi connectivity index (χ1v) is 17.2. The van der Waals surface area contributed by atoms with Crippen LogP contribution in [0.5, 0.6) is 5.88 Å². The van der Waals surface area contributed by atoms with Gasteiger partial charge in [0.05, 0.1) is 16.6 Å². The maximum absolute atomic E-state index is 14.4. The number of aryl methyl sites for hydroxylation is 2. The highest BCUT2D eigenvalue weighted by Gasteiger charge is 2.54. The van der Waals surface area contributed by atoms with Crippen molar-refractivity contribution >= 4 is 21.9 Å². The molecule has 0 radical (unpaired) electrons. The van der Waals surface area contributed by atoms with Gasteiger partial charge >= 0.3 is 0 Å². The minimum atomic E-state index is -4.11. The first-order valence-electron chi connectivity index (χ1n) is 15.7. The Bertz CT molecular complexity index is 1690. The zero-order valence-corrected chi connectivity index (χ0v) is 27.7. The maximum Gasteiger partial charge on any atom is 0.264 e. The van der Waals surface area contributed by atoms with Crippen LogP contribution < -0.4 is 9.46 Å². The zero-order chi connectivity index (χ0) is 31.6. The van der Waals surface area contributed by atoms with E-state index in [-0.39, 0.29) is 40.9 Å². The van der Waals surface area contributed by atoms with Gasteiger partial charge in [0.2, 0.25) is 11.8 Å². The van der Waals surface area contributed by atoms with Crippen molar-refractivity contribution in [1.29, 1.82) is 0 Å². The van der Waals surface area contributed by atoms with Gasteiger partial charge in [0, 0.05) is 22.7 Å². The Kier molecular flexibility index (Phi) is 7.54. The fourth-order valence-electron chi connectivity index (χ4n) is 7.88. The third-order valence-electron chi connectivity index (χ3n) is 9.62. The van der Waals surface area contributed by atoms with Gasteiger partial charge in [-0.05, 0) is 98.9 Å². The Hall–Kier alpha value is -3.46. The third-order valence-corrected chi connectivity index (χ3v) is 10.9. The standard InChI is InChI=1S/C35H44N4O4S/c1-21-15-35(16-21)18-26(19-35)39-27(17-34(5,6)7)20-43-31-24(4)30(29-22(2)10-8-11-23(29)3)36-33(37-31)38-44(41,42)28-13-9-12-25(14-28)32(39)40/h8-14,21,26-27H,15-20H2,1-7H3,(H,36,37,38)/t21?,26?,27-,35?/m1/s1. The lowest BCUT2D eigenvalue weighted by molar-refractivity contribution is -0.0888. The molecule has 0 saturated heterocycles. The molecule has 8 nitrogen and oxygen atoms in total. The van der Waals surface area contributed by atoms with Crippen LogP contribution in [-0.2, 0) is 10.0 Å². The Labute approximate surface area is 261 Å². The normalized spacial score (nSPS) is 26.3. The molecule has 9 heteroatoms. The molecule has 3 aromatic rings. The molecule has 2 saturated carbocycles. The number of nitrogens with zero attached hydrogens (tertiary/aromatic N) is 3. The van der Waals surface area contributed by atoms with Crippen molar-refractivity contribution in [2.75, 3.05) is 11.3 Å². The van der Waals surface area contributed by atoms with E-state index in [4.69, 9.17) is 9.72 Å². The predicted octanol–water partition coefficient (Wildman–Crippen LogP) is 7.09. The number of aromatic nitrogens is 2. The topological polar surface area (TPSA) is 101 Å². The van der Waals surface area contributed by atoms with E-state index in [1.54, 1.807) is 12.1 Å². The summed E-state index contributed by atoms with van der Waals surface area (Å²) >= 11 is 0. The summed E-state index contributed by atoms with van der Waals surface area (Å²) in [5.74, 6) is 0.817. The van der Waals surface area contributed by atoms with Crippen LogP contribution >= 0.6 is 0 Å². The number of nitrogens with one attached hydrogen (secondary N) is 1. The fourth-order valence-corrected chi connectivity index (χ4v) is 8.87. The quantitative estimate of drug-likeness (QED) is 0.337. The lowest BCUT2D eigenvalue weighted by Crippen LogP contribution is -2.61. The largest absolute Gasteiger partial charge is 0.475 e. The molecule has 1 N–H and O–H groups in total. The molecule has 4 bridgehead atoms. The van der Waals surface area contributed by atoms with Crippen molar-refractivity contribution < 1.29 is 17.9 Å². The molecule has 3 aliphatic rings. The van der Waals surface area contributed by atoms with Gasteiger partial charge < -0.3 is 9.64 Å². The summed E-state index contributed by atoms with van der Waals surface area (Å²) in [5.41, 5.74) is 4.89. The summed E-state index contributed by atoms with van der Waals surface area (Å²) in [6.45, 7) is 15.0. The van der Waals surface area contributed by atoms with E-state index < -0.39 is 10.0 Å².